The Morgan fingerprint density at radius 1 is 0.720 bits per heavy atom. The summed E-state index contributed by atoms with van der Waals surface area (Å²) in [4.78, 5) is 0. The van der Waals surface area contributed by atoms with Gasteiger partial charge in [0.05, 0.1) is 11.0 Å². The lowest BCUT2D eigenvalue weighted by atomic mass is 10.0. The summed E-state index contributed by atoms with van der Waals surface area (Å²) < 4.78 is 2.35. The fourth-order valence-electron chi connectivity index (χ4n) is 3.54. The van der Waals surface area contributed by atoms with Gasteiger partial charge in [0.15, 0.2) is 0 Å². The van der Waals surface area contributed by atoms with E-state index in [4.69, 9.17) is 0 Å². The Morgan fingerprint density at radius 3 is 1.80 bits per heavy atom. The lowest BCUT2D eigenvalue weighted by molar-refractivity contribution is 1.18. The number of fused-ring (bicyclic) bond motifs is 3. The first-order valence-electron chi connectivity index (χ1n) is 8.71. The quantitative estimate of drug-likeness (QED) is 0.367. The van der Waals surface area contributed by atoms with E-state index in [2.05, 4.69) is 109 Å². The van der Waals surface area contributed by atoms with Crippen molar-refractivity contribution in [3.8, 4) is 5.69 Å². The van der Waals surface area contributed by atoms with Crippen LogP contribution in [0.1, 0.15) is 19.4 Å². The summed E-state index contributed by atoms with van der Waals surface area (Å²) in [7, 11) is 0. The highest BCUT2D eigenvalue weighted by molar-refractivity contribution is 6.09. The number of nitrogens with zero attached hydrogens (tertiary/aromatic N) is 1. The van der Waals surface area contributed by atoms with Crippen molar-refractivity contribution in [1.29, 1.82) is 0 Å². The molecule has 0 aliphatic rings. The summed E-state index contributed by atoms with van der Waals surface area (Å²) in [6.07, 6.45) is 6.38. The van der Waals surface area contributed by atoms with E-state index in [1.807, 2.05) is 0 Å². The van der Waals surface area contributed by atoms with Gasteiger partial charge < -0.3 is 4.57 Å². The van der Waals surface area contributed by atoms with Gasteiger partial charge in [-0.05, 0) is 49.2 Å². The summed E-state index contributed by atoms with van der Waals surface area (Å²) in [5.41, 5.74) is 6.17. The Kier molecular flexibility index (Phi) is 3.99. The van der Waals surface area contributed by atoms with Crippen LogP contribution >= 0.6 is 0 Å². The molecule has 25 heavy (non-hydrogen) atoms. The van der Waals surface area contributed by atoms with E-state index in [1.54, 1.807) is 0 Å². The molecule has 4 rings (SSSR count). The Labute approximate surface area is 148 Å². The molecule has 0 saturated heterocycles. The predicted octanol–water partition coefficient (Wildman–Crippen LogP) is 6.76. The van der Waals surface area contributed by atoms with E-state index >= 15 is 0 Å². The molecule has 1 nitrogen and oxygen atoms in total. The molecular formula is C24H21N. The van der Waals surface area contributed by atoms with E-state index < -0.39 is 0 Å². The maximum absolute atomic E-state index is 2.35. The molecule has 1 aromatic heterocycles. The highest BCUT2D eigenvalue weighted by Gasteiger charge is 2.11. The van der Waals surface area contributed by atoms with E-state index in [0.717, 1.165) is 0 Å². The molecule has 0 unspecified atom stereocenters. The van der Waals surface area contributed by atoms with Crippen molar-refractivity contribution in [3.63, 3.8) is 0 Å². The molecule has 1 heterocycles. The van der Waals surface area contributed by atoms with Crippen LogP contribution in [0.15, 0.2) is 91.0 Å². The molecule has 0 aliphatic carbocycles. The maximum Gasteiger partial charge on any atom is 0.0541 e. The molecule has 0 amide bonds. The fourth-order valence-corrected chi connectivity index (χ4v) is 3.54. The third-order valence-corrected chi connectivity index (χ3v) is 4.70. The lowest BCUT2D eigenvalue weighted by Crippen LogP contribution is -1.94. The van der Waals surface area contributed by atoms with Gasteiger partial charge in [0, 0.05) is 16.5 Å². The normalized spacial score (nSPS) is 12.5. The number of rotatable bonds is 3. The van der Waals surface area contributed by atoms with Gasteiger partial charge in [-0.15, -0.1) is 0 Å². The average molecular weight is 323 g/mol. The summed E-state index contributed by atoms with van der Waals surface area (Å²) in [6, 6.07) is 26.0. The van der Waals surface area contributed by atoms with Crippen LogP contribution in [0.25, 0.3) is 33.1 Å². The van der Waals surface area contributed by atoms with Crippen molar-refractivity contribution in [1.82, 2.24) is 4.57 Å². The fraction of sp³-hybridized carbons (Fsp3) is 0.0833. The SMILES string of the molecule is C/C=C\C(=C/C)c1ccc(-n2c3ccccc3c3ccccc32)cc1. The van der Waals surface area contributed by atoms with Crippen molar-refractivity contribution in [3.05, 3.63) is 96.6 Å². The summed E-state index contributed by atoms with van der Waals surface area (Å²) in [5.74, 6) is 0. The Bertz CT molecular complexity index is 1040. The number of benzene rings is 3. The van der Waals surface area contributed by atoms with Gasteiger partial charge in [-0.3, -0.25) is 0 Å². The van der Waals surface area contributed by atoms with E-state index in [0.29, 0.717) is 0 Å². The smallest absolute Gasteiger partial charge is 0.0541 e. The molecule has 0 radical (unpaired) electrons. The van der Waals surface area contributed by atoms with E-state index in [1.165, 1.54) is 38.6 Å². The second kappa shape index (κ2) is 6.45. The standard InChI is InChI=1S/C24H21N/c1-3-9-18(4-2)19-14-16-20(17-15-19)25-23-12-7-5-10-21(23)22-11-6-8-13-24(22)25/h3-17H,1-2H3/b9-3-,18-4+. The second-order valence-electron chi connectivity index (χ2n) is 6.16. The van der Waals surface area contributed by atoms with Crippen LogP contribution in [0.5, 0.6) is 0 Å². The minimum atomic E-state index is 1.19. The Morgan fingerprint density at radius 2 is 1.28 bits per heavy atom. The van der Waals surface area contributed by atoms with Gasteiger partial charge in [0.25, 0.3) is 0 Å². The molecule has 0 saturated carbocycles. The third kappa shape index (κ3) is 2.58. The van der Waals surface area contributed by atoms with Crippen molar-refractivity contribution >= 4 is 27.4 Å². The molecule has 0 atom stereocenters. The summed E-state index contributed by atoms with van der Waals surface area (Å²) in [5, 5.41) is 2.59. The average Bonchev–Trinajstić information content (AvgIpc) is 3.01. The van der Waals surface area contributed by atoms with Crippen molar-refractivity contribution in [2.24, 2.45) is 0 Å². The third-order valence-electron chi connectivity index (χ3n) is 4.70. The first-order valence-corrected chi connectivity index (χ1v) is 8.71. The highest BCUT2D eigenvalue weighted by Crippen LogP contribution is 2.32. The van der Waals surface area contributed by atoms with Gasteiger partial charge in [0.1, 0.15) is 0 Å². The molecule has 4 aromatic rings. The van der Waals surface area contributed by atoms with Crippen LogP contribution in [-0.4, -0.2) is 4.57 Å². The highest BCUT2D eigenvalue weighted by atomic mass is 15.0. The molecular weight excluding hydrogens is 302 g/mol. The molecule has 0 aliphatic heterocycles. The molecule has 122 valence electrons. The van der Waals surface area contributed by atoms with Gasteiger partial charge in [-0.2, -0.15) is 0 Å². The van der Waals surface area contributed by atoms with E-state index in [-0.39, 0.29) is 0 Å². The zero-order chi connectivity index (χ0) is 17.2. The topological polar surface area (TPSA) is 4.93 Å². The number of aromatic nitrogens is 1. The van der Waals surface area contributed by atoms with Crippen LogP contribution in [-0.2, 0) is 0 Å². The van der Waals surface area contributed by atoms with Gasteiger partial charge in [-0.1, -0.05) is 66.8 Å². The van der Waals surface area contributed by atoms with Crippen molar-refractivity contribution < 1.29 is 0 Å². The summed E-state index contributed by atoms with van der Waals surface area (Å²) in [6.45, 7) is 4.13. The monoisotopic (exact) mass is 323 g/mol. The van der Waals surface area contributed by atoms with Crippen LogP contribution in [0.4, 0.5) is 0 Å². The molecule has 3 aromatic carbocycles. The van der Waals surface area contributed by atoms with Gasteiger partial charge >= 0.3 is 0 Å². The van der Waals surface area contributed by atoms with Crippen LogP contribution in [0.2, 0.25) is 0 Å². The summed E-state index contributed by atoms with van der Waals surface area (Å²) >= 11 is 0. The van der Waals surface area contributed by atoms with Gasteiger partial charge in [0.2, 0.25) is 0 Å². The van der Waals surface area contributed by atoms with Crippen LogP contribution in [0.3, 0.4) is 0 Å². The minimum Gasteiger partial charge on any atom is -0.309 e. The van der Waals surface area contributed by atoms with Crippen molar-refractivity contribution in [2.75, 3.05) is 0 Å². The lowest BCUT2D eigenvalue weighted by Gasteiger charge is -2.09. The number of hydrogen-bond acceptors (Lipinski definition) is 0. The minimum absolute atomic E-state index is 1.19. The van der Waals surface area contributed by atoms with Crippen LogP contribution < -0.4 is 0 Å². The van der Waals surface area contributed by atoms with Crippen LogP contribution in [0, 0.1) is 0 Å². The Hall–Kier alpha value is -3.06. The number of hydrogen-bond donors (Lipinski definition) is 0. The first-order chi connectivity index (χ1) is 12.3. The molecule has 1 heteroatoms. The van der Waals surface area contributed by atoms with E-state index in [9.17, 15) is 0 Å². The second-order valence-corrected chi connectivity index (χ2v) is 6.16. The Balaban J connectivity index is 1.92. The zero-order valence-corrected chi connectivity index (χ0v) is 14.6. The molecule has 0 bridgehead atoms. The maximum atomic E-state index is 2.35. The largest absolute Gasteiger partial charge is 0.309 e. The molecule has 0 N–H and O–H groups in total. The molecule has 0 spiro atoms. The number of allylic oxidation sites excluding steroid dienone is 4. The first kappa shape index (κ1) is 15.5. The van der Waals surface area contributed by atoms with Crippen molar-refractivity contribution in [2.45, 2.75) is 13.8 Å². The molecule has 0 fully saturated rings. The zero-order valence-electron chi connectivity index (χ0n) is 14.6. The number of para-hydroxylation sites is 2. The predicted molar refractivity (Wildman–Crippen MR) is 109 cm³/mol. The van der Waals surface area contributed by atoms with Gasteiger partial charge in [-0.25, -0.2) is 0 Å².